The van der Waals surface area contributed by atoms with E-state index in [0.717, 1.165) is 22.5 Å². The molecule has 0 aliphatic rings. The number of rotatable bonds is 1. The quantitative estimate of drug-likeness (QED) is 0.716. The number of nitrogens with two attached hydrogens (primary N) is 1. The van der Waals surface area contributed by atoms with Crippen LogP contribution in [-0.4, -0.2) is 0 Å². The molecule has 0 saturated heterocycles. The predicted octanol–water partition coefficient (Wildman–Crippen LogP) is 3.70. The zero-order chi connectivity index (χ0) is 9.42. The monoisotopic (exact) mass is 211 g/mol. The van der Waals surface area contributed by atoms with E-state index in [1.54, 1.807) is 11.3 Å². The Kier molecular flexibility index (Phi) is 2.18. The van der Waals surface area contributed by atoms with Crippen LogP contribution in [0.5, 0.6) is 0 Å². The number of anilines is 1. The van der Waals surface area contributed by atoms with Crippen LogP contribution in [0.2, 0.25) is 5.02 Å². The molecule has 1 aromatic heterocycles. The second-order valence-corrected chi connectivity index (χ2v) is 4.27. The molecule has 0 spiro atoms. The lowest BCUT2D eigenvalue weighted by molar-refractivity contribution is 1.16. The van der Waals surface area contributed by atoms with Crippen molar-refractivity contribution in [2.24, 2.45) is 0 Å². The van der Waals surface area contributed by atoms with Gasteiger partial charge in [-0.2, -0.15) is 0 Å². The fourth-order valence-corrected chi connectivity index (χ4v) is 2.96. The van der Waals surface area contributed by atoms with Crippen LogP contribution in [0.1, 0.15) is 12.5 Å². The third-order valence-corrected chi connectivity index (χ3v) is 3.49. The van der Waals surface area contributed by atoms with Gasteiger partial charge in [-0.05, 0) is 29.5 Å². The maximum absolute atomic E-state index is 6.09. The Labute approximate surface area is 86.1 Å². The zero-order valence-electron chi connectivity index (χ0n) is 7.30. The Morgan fingerprint density at radius 2 is 2.31 bits per heavy atom. The first-order valence-corrected chi connectivity index (χ1v) is 5.44. The average molecular weight is 212 g/mol. The highest BCUT2D eigenvalue weighted by molar-refractivity contribution is 7.17. The van der Waals surface area contributed by atoms with Gasteiger partial charge in [0.1, 0.15) is 0 Å². The molecule has 0 amide bonds. The second-order valence-electron chi connectivity index (χ2n) is 2.94. The van der Waals surface area contributed by atoms with Crippen LogP contribution < -0.4 is 5.73 Å². The van der Waals surface area contributed by atoms with Crippen molar-refractivity contribution in [3.05, 3.63) is 28.1 Å². The number of fused-ring (bicyclic) bond motifs is 1. The minimum Gasteiger partial charge on any atom is -0.398 e. The molecule has 0 unspecified atom stereocenters. The van der Waals surface area contributed by atoms with E-state index in [4.69, 9.17) is 17.3 Å². The Morgan fingerprint density at radius 3 is 3.00 bits per heavy atom. The molecule has 2 rings (SSSR count). The van der Waals surface area contributed by atoms with Gasteiger partial charge in [-0.25, -0.2) is 0 Å². The number of hydrogen-bond donors (Lipinski definition) is 1. The van der Waals surface area contributed by atoms with Crippen LogP contribution in [0.15, 0.2) is 17.5 Å². The molecule has 0 atom stereocenters. The molecule has 0 fully saturated rings. The fourth-order valence-electron chi connectivity index (χ4n) is 1.51. The van der Waals surface area contributed by atoms with E-state index in [1.165, 1.54) is 10.3 Å². The summed E-state index contributed by atoms with van der Waals surface area (Å²) in [5, 5.41) is 3.97. The number of nitrogen functional groups attached to an aromatic ring is 1. The standard InChI is InChI=1S/C10H10ClNS/c1-2-6-8(11)5-9(12)7-3-4-13-10(6)7/h3-5H,2,12H2,1H3. The minimum atomic E-state index is 0.776. The first kappa shape index (κ1) is 8.85. The highest BCUT2D eigenvalue weighted by Gasteiger charge is 2.08. The Bertz CT molecular complexity index is 447. The van der Waals surface area contributed by atoms with Crippen molar-refractivity contribution in [2.45, 2.75) is 13.3 Å². The lowest BCUT2D eigenvalue weighted by atomic mass is 10.1. The molecule has 1 heterocycles. The molecule has 3 heteroatoms. The Balaban J connectivity index is 2.88. The van der Waals surface area contributed by atoms with Gasteiger partial charge < -0.3 is 5.73 Å². The van der Waals surface area contributed by atoms with Crippen molar-refractivity contribution in [3.8, 4) is 0 Å². The van der Waals surface area contributed by atoms with Crippen molar-refractivity contribution in [3.63, 3.8) is 0 Å². The molecule has 0 saturated carbocycles. The third kappa shape index (κ3) is 1.30. The molecule has 68 valence electrons. The zero-order valence-corrected chi connectivity index (χ0v) is 8.88. The molecule has 2 aromatic rings. The highest BCUT2D eigenvalue weighted by atomic mass is 35.5. The number of thiophene rings is 1. The van der Waals surface area contributed by atoms with Crippen molar-refractivity contribution < 1.29 is 0 Å². The van der Waals surface area contributed by atoms with E-state index in [0.29, 0.717) is 0 Å². The summed E-state index contributed by atoms with van der Waals surface area (Å²) < 4.78 is 1.23. The highest BCUT2D eigenvalue weighted by Crippen LogP contribution is 2.34. The van der Waals surface area contributed by atoms with Gasteiger partial charge in [0.2, 0.25) is 0 Å². The van der Waals surface area contributed by atoms with Crippen molar-refractivity contribution in [2.75, 3.05) is 5.73 Å². The van der Waals surface area contributed by atoms with E-state index in [2.05, 4.69) is 12.3 Å². The summed E-state index contributed by atoms with van der Waals surface area (Å²) in [6.45, 7) is 2.11. The lowest BCUT2D eigenvalue weighted by Crippen LogP contribution is -1.89. The number of aryl methyl sites for hydroxylation is 1. The van der Waals surface area contributed by atoms with Crippen molar-refractivity contribution in [1.82, 2.24) is 0 Å². The minimum absolute atomic E-state index is 0.776. The van der Waals surface area contributed by atoms with E-state index in [1.807, 2.05) is 12.1 Å². The Morgan fingerprint density at radius 1 is 1.54 bits per heavy atom. The second kappa shape index (κ2) is 3.20. The van der Waals surface area contributed by atoms with E-state index < -0.39 is 0 Å². The largest absolute Gasteiger partial charge is 0.398 e. The number of hydrogen-bond acceptors (Lipinski definition) is 2. The van der Waals surface area contributed by atoms with E-state index in [9.17, 15) is 0 Å². The van der Waals surface area contributed by atoms with Gasteiger partial charge in [-0.15, -0.1) is 11.3 Å². The van der Waals surface area contributed by atoms with Gasteiger partial charge in [0.05, 0.1) is 0 Å². The van der Waals surface area contributed by atoms with Crippen LogP contribution in [0.4, 0.5) is 5.69 Å². The third-order valence-electron chi connectivity index (χ3n) is 2.17. The maximum atomic E-state index is 6.09. The van der Waals surface area contributed by atoms with Crippen LogP contribution >= 0.6 is 22.9 Å². The molecule has 0 aliphatic heterocycles. The van der Waals surface area contributed by atoms with Gasteiger partial charge in [0.15, 0.2) is 0 Å². The van der Waals surface area contributed by atoms with Gasteiger partial charge in [0.25, 0.3) is 0 Å². The maximum Gasteiger partial charge on any atom is 0.0472 e. The van der Waals surface area contributed by atoms with Crippen LogP contribution in [0.3, 0.4) is 0 Å². The first-order valence-electron chi connectivity index (χ1n) is 4.18. The molecular weight excluding hydrogens is 202 g/mol. The summed E-state index contributed by atoms with van der Waals surface area (Å²) >= 11 is 7.79. The van der Waals surface area contributed by atoms with Gasteiger partial charge >= 0.3 is 0 Å². The first-order chi connectivity index (χ1) is 6.24. The molecule has 2 N–H and O–H groups in total. The molecule has 1 nitrogen and oxygen atoms in total. The molecule has 0 bridgehead atoms. The van der Waals surface area contributed by atoms with E-state index >= 15 is 0 Å². The number of benzene rings is 1. The smallest absolute Gasteiger partial charge is 0.0472 e. The normalized spacial score (nSPS) is 10.9. The summed E-state index contributed by atoms with van der Waals surface area (Å²) in [6, 6.07) is 3.89. The summed E-state index contributed by atoms with van der Waals surface area (Å²) in [7, 11) is 0. The van der Waals surface area contributed by atoms with Crippen LogP contribution in [0.25, 0.3) is 10.1 Å². The summed E-state index contributed by atoms with van der Waals surface area (Å²) in [6.07, 6.45) is 0.954. The number of halogens is 1. The van der Waals surface area contributed by atoms with E-state index in [-0.39, 0.29) is 0 Å². The molecule has 1 aromatic carbocycles. The SMILES string of the molecule is CCc1c(Cl)cc(N)c2ccsc12. The van der Waals surface area contributed by atoms with Gasteiger partial charge in [0, 0.05) is 20.8 Å². The molecule has 0 aliphatic carbocycles. The van der Waals surface area contributed by atoms with Crippen molar-refractivity contribution >= 4 is 38.7 Å². The summed E-state index contributed by atoms with van der Waals surface area (Å²) in [5.74, 6) is 0. The summed E-state index contributed by atoms with van der Waals surface area (Å²) in [5.41, 5.74) is 7.83. The molecule has 0 radical (unpaired) electrons. The lowest BCUT2D eigenvalue weighted by Gasteiger charge is -2.05. The van der Waals surface area contributed by atoms with Crippen molar-refractivity contribution in [1.29, 1.82) is 0 Å². The fraction of sp³-hybridized carbons (Fsp3) is 0.200. The summed E-state index contributed by atoms with van der Waals surface area (Å²) in [4.78, 5) is 0. The van der Waals surface area contributed by atoms with Crippen LogP contribution in [-0.2, 0) is 6.42 Å². The molecular formula is C10H10ClNS. The van der Waals surface area contributed by atoms with Gasteiger partial charge in [-0.3, -0.25) is 0 Å². The predicted molar refractivity (Wildman–Crippen MR) is 60.6 cm³/mol. The topological polar surface area (TPSA) is 26.0 Å². The van der Waals surface area contributed by atoms with Crippen LogP contribution in [0, 0.1) is 0 Å². The van der Waals surface area contributed by atoms with Gasteiger partial charge in [-0.1, -0.05) is 18.5 Å². The molecule has 13 heavy (non-hydrogen) atoms. The Hall–Kier alpha value is -0.730. The average Bonchev–Trinajstić information content (AvgIpc) is 2.53.